The molecule has 2 fully saturated rings. The number of amides is 1. The lowest BCUT2D eigenvalue weighted by molar-refractivity contribution is -0.139. The van der Waals surface area contributed by atoms with Crippen molar-refractivity contribution < 1.29 is 14.3 Å². The second-order valence-corrected chi connectivity index (χ2v) is 8.84. The lowest BCUT2D eigenvalue weighted by atomic mass is 9.95. The highest BCUT2D eigenvalue weighted by Crippen LogP contribution is 2.39. The van der Waals surface area contributed by atoms with Crippen molar-refractivity contribution in [2.45, 2.75) is 12.8 Å². The van der Waals surface area contributed by atoms with Gasteiger partial charge in [0.2, 0.25) is 5.91 Å². The molecule has 2 aromatic heterocycles. The number of hydrogen-bond acceptors (Lipinski definition) is 7. The quantitative estimate of drug-likeness (QED) is 0.622. The van der Waals surface area contributed by atoms with Gasteiger partial charge in [-0.2, -0.15) is 0 Å². The standard InChI is InChI=1S/C23H26N4O3S/c1-29-18-6-4-16(5-7-18)19-14-31-22-20(19)21(24-15-25-22)27-8-2-3-17(13-27)23(28)26-9-11-30-12-10-26/h4-7,14-15,17H,2-3,8-13H2,1H3. The van der Waals surface area contributed by atoms with E-state index in [1.165, 1.54) is 0 Å². The molecule has 1 atom stereocenters. The zero-order valence-corrected chi connectivity index (χ0v) is 18.4. The first kappa shape index (κ1) is 20.2. The van der Waals surface area contributed by atoms with Crippen LogP contribution in [0.2, 0.25) is 0 Å². The predicted molar refractivity (Wildman–Crippen MR) is 122 cm³/mol. The van der Waals surface area contributed by atoms with Gasteiger partial charge >= 0.3 is 0 Å². The SMILES string of the molecule is COc1ccc(-c2csc3ncnc(N4CCCC(C(=O)N5CCOCC5)C4)c23)cc1. The molecule has 8 heteroatoms. The van der Waals surface area contributed by atoms with E-state index in [0.29, 0.717) is 32.8 Å². The maximum Gasteiger partial charge on any atom is 0.227 e. The van der Waals surface area contributed by atoms with Gasteiger partial charge in [0.1, 0.15) is 22.7 Å². The second kappa shape index (κ2) is 8.80. The summed E-state index contributed by atoms with van der Waals surface area (Å²) < 4.78 is 10.7. The van der Waals surface area contributed by atoms with Crippen LogP contribution in [0, 0.1) is 5.92 Å². The third-order valence-electron chi connectivity index (χ3n) is 6.14. The molecule has 2 saturated heterocycles. The molecule has 3 aromatic rings. The maximum absolute atomic E-state index is 13.1. The van der Waals surface area contributed by atoms with Gasteiger partial charge in [-0.1, -0.05) is 12.1 Å². The molecule has 0 radical (unpaired) electrons. The van der Waals surface area contributed by atoms with E-state index < -0.39 is 0 Å². The number of nitrogens with zero attached hydrogens (tertiary/aromatic N) is 4. The van der Waals surface area contributed by atoms with E-state index >= 15 is 0 Å². The third-order valence-corrected chi connectivity index (χ3v) is 7.03. The van der Waals surface area contributed by atoms with Crippen LogP contribution >= 0.6 is 11.3 Å². The number of thiophene rings is 1. The van der Waals surface area contributed by atoms with Crippen molar-refractivity contribution in [3.05, 3.63) is 36.0 Å². The topological polar surface area (TPSA) is 67.8 Å². The second-order valence-electron chi connectivity index (χ2n) is 7.98. The van der Waals surface area contributed by atoms with E-state index in [9.17, 15) is 4.79 Å². The van der Waals surface area contributed by atoms with E-state index in [4.69, 9.17) is 9.47 Å². The molecule has 2 aliphatic heterocycles. The van der Waals surface area contributed by atoms with Crippen LogP contribution in [0.15, 0.2) is 36.0 Å². The van der Waals surface area contributed by atoms with Gasteiger partial charge in [-0.3, -0.25) is 4.79 Å². The summed E-state index contributed by atoms with van der Waals surface area (Å²) in [6.07, 6.45) is 3.55. The number of benzene rings is 1. The van der Waals surface area contributed by atoms with Gasteiger partial charge in [0.15, 0.2) is 0 Å². The van der Waals surface area contributed by atoms with Crippen molar-refractivity contribution in [3.8, 4) is 16.9 Å². The van der Waals surface area contributed by atoms with E-state index in [2.05, 4.69) is 32.4 Å². The first-order valence-corrected chi connectivity index (χ1v) is 11.6. The minimum Gasteiger partial charge on any atom is -0.497 e. The smallest absolute Gasteiger partial charge is 0.227 e. The first-order chi connectivity index (χ1) is 15.2. The van der Waals surface area contributed by atoms with E-state index in [0.717, 1.165) is 52.3 Å². The van der Waals surface area contributed by atoms with Crippen molar-refractivity contribution in [2.75, 3.05) is 51.4 Å². The number of rotatable bonds is 4. The molecule has 0 aliphatic carbocycles. The molecule has 1 aromatic carbocycles. The molecule has 1 unspecified atom stereocenters. The Morgan fingerprint density at radius 3 is 2.74 bits per heavy atom. The van der Waals surface area contributed by atoms with Crippen LogP contribution in [-0.4, -0.2) is 67.3 Å². The molecule has 0 N–H and O–H groups in total. The highest BCUT2D eigenvalue weighted by molar-refractivity contribution is 7.17. The lowest BCUT2D eigenvalue weighted by Gasteiger charge is -2.37. The number of hydrogen-bond donors (Lipinski definition) is 0. The van der Waals surface area contributed by atoms with Gasteiger partial charge in [0.25, 0.3) is 0 Å². The Bertz CT molecular complexity index is 1060. The number of aromatic nitrogens is 2. The summed E-state index contributed by atoms with van der Waals surface area (Å²) >= 11 is 1.63. The average Bonchev–Trinajstić information content (AvgIpc) is 3.29. The van der Waals surface area contributed by atoms with Gasteiger partial charge in [-0.25, -0.2) is 9.97 Å². The maximum atomic E-state index is 13.1. The van der Waals surface area contributed by atoms with Crippen LogP contribution in [0.1, 0.15) is 12.8 Å². The van der Waals surface area contributed by atoms with Gasteiger partial charge < -0.3 is 19.3 Å². The van der Waals surface area contributed by atoms with Gasteiger partial charge in [-0.05, 0) is 30.5 Å². The predicted octanol–water partition coefficient (Wildman–Crippen LogP) is 3.44. The summed E-state index contributed by atoms with van der Waals surface area (Å²) in [5.74, 6) is 2.01. The Morgan fingerprint density at radius 2 is 1.97 bits per heavy atom. The molecular weight excluding hydrogens is 412 g/mol. The van der Waals surface area contributed by atoms with Crippen LogP contribution < -0.4 is 9.64 Å². The fourth-order valence-electron chi connectivity index (χ4n) is 4.50. The zero-order valence-electron chi connectivity index (χ0n) is 17.6. The van der Waals surface area contributed by atoms with Gasteiger partial charge in [0.05, 0.1) is 31.6 Å². The molecule has 31 heavy (non-hydrogen) atoms. The molecule has 0 saturated carbocycles. The normalized spacial score (nSPS) is 19.6. The van der Waals surface area contributed by atoms with Gasteiger partial charge in [0, 0.05) is 37.1 Å². The lowest BCUT2D eigenvalue weighted by Crippen LogP contribution is -2.48. The average molecular weight is 439 g/mol. The zero-order chi connectivity index (χ0) is 21.2. The fraction of sp³-hybridized carbons (Fsp3) is 0.435. The van der Waals surface area contributed by atoms with E-state index in [-0.39, 0.29) is 11.8 Å². The monoisotopic (exact) mass is 438 g/mol. The van der Waals surface area contributed by atoms with Crippen molar-refractivity contribution in [1.82, 2.24) is 14.9 Å². The van der Waals surface area contributed by atoms with Crippen molar-refractivity contribution in [1.29, 1.82) is 0 Å². The fourth-order valence-corrected chi connectivity index (χ4v) is 5.41. The Labute approximate surface area is 185 Å². The van der Waals surface area contributed by atoms with Crippen molar-refractivity contribution in [3.63, 3.8) is 0 Å². The summed E-state index contributed by atoms with van der Waals surface area (Å²) in [6, 6.07) is 8.08. The molecular formula is C23H26N4O3S. The molecule has 1 amide bonds. The molecule has 0 bridgehead atoms. The van der Waals surface area contributed by atoms with E-state index in [1.54, 1.807) is 24.8 Å². The number of ether oxygens (including phenoxy) is 2. The number of piperidine rings is 1. The Hall–Kier alpha value is -2.71. The van der Waals surface area contributed by atoms with Crippen LogP contribution in [-0.2, 0) is 9.53 Å². The minimum atomic E-state index is -0.0000579. The summed E-state index contributed by atoms with van der Waals surface area (Å²) in [5.41, 5.74) is 2.24. The summed E-state index contributed by atoms with van der Waals surface area (Å²) in [5, 5.41) is 3.21. The molecule has 0 spiro atoms. The first-order valence-electron chi connectivity index (χ1n) is 10.7. The number of carbonyl (C=O) groups is 1. The number of methoxy groups -OCH3 is 1. The minimum absolute atomic E-state index is 0.0000579. The molecule has 7 nitrogen and oxygen atoms in total. The Kier molecular flexibility index (Phi) is 5.74. The molecule has 4 heterocycles. The largest absolute Gasteiger partial charge is 0.497 e. The highest BCUT2D eigenvalue weighted by Gasteiger charge is 2.31. The number of morpholine rings is 1. The van der Waals surface area contributed by atoms with Crippen LogP contribution in [0.25, 0.3) is 21.3 Å². The van der Waals surface area contributed by atoms with E-state index in [1.807, 2.05) is 17.0 Å². The molecule has 162 valence electrons. The summed E-state index contributed by atoms with van der Waals surface area (Å²) in [7, 11) is 1.67. The molecule has 2 aliphatic rings. The number of carbonyl (C=O) groups excluding carboxylic acids is 1. The molecule has 5 rings (SSSR count). The van der Waals surface area contributed by atoms with Crippen molar-refractivity contribution in [2.24, 2.45) is 5.92 Å². The van der Waals surface area contributed by atoms with Crippen molar-refractivity contribution >= 4 is 33.3 Å². The van der Waals surface area contributed by atoms with Gasteiger partial charge in [-0.15, -0.1) is 11.3 Å². The third kappa shape index (κ3) is 3.97. The van der Waals surface area contributed by atoms with Crippen LogP contribution in [0.3, 0.4) is 0 Å². The van der Waals surface area contributed by atoms with Crippen LogP contribution in [0.4, 0.5) is 5.82 Å². The Morgan fingerprint density at radius 1 is 1.16 bits per heavy atom. The highest BCUT2D eigenvalue weighted by atomic mass is 32.1. The summed E-state index contributed by atoms with van der Waals surface area (Å²) in [6.45, 7) is 4.25. The summed E-state index contributed by atoms with van der Waals surface area (Å²) in [4.78, 5) is 27.5. The number of anilines is 1. The Balaban J connectivity index is 1.45. The number of fused-ring (bicyclic) bond motifs is 1. The van der Waals surface area contributed by atoms with Crippen LogP contribution in [0.5, 0.6) is 5.75 Å².